The number of amides is 1. The molecule has 1 N–H and O–H groups in total. The number of hydrogen-bond donors (Lipinski definition) is 1. The lowest BCUT2D eigenvalue weighted by molar-refractivity contribution is -0.119. The highest BCUT2D eigenvalue weighted by Crippen LogP contribution is 2.18. The molecule has 0 bridgehead atoms. The van der Waals surface area contributed by atoms with Crippen LogP contribution in [0.5, 0.6) is 5.75 Å². The first-order valence-electron chi connectivity index (χ1n) is 8.37. The van der Waals surface area contributed by atoms with Crippen molar-refractivity contribution in [3.8, 4) is 5.75 Å². The Morgan fingerprint density at radius 2 is 1.78 bits per heavy atom. The number of hydrogen-bond acceptors (Lipinski definition) is 4. The second-order valence-corrected chi connectivity index (χ2v) is 8.10. The van der Waals surface area contributed by atoms with Gasteiger partial charge in [-0.1, -0.05) is 6.07 Å². The highest BCUT2D eigenvalue weighted by molar-refractivity contribution is 7.92. The van der Waals surface area contributed by atoms with Gasteiger partial charge in [0.25, 0.3) is 0 Å². The van der Waals surface area contributed by atoms with Gasteiger partial charge in [0.15, 0.2) is 0 Å². The molecule has 0 unspecified atom stereocenters. The first-order valence-corrected chi connectivity index (χ1v) is 10.2. The van der Waals surface area contributed by atoms with Gasteiger partial charge in [0, 0.05) is 0 Å². The molecule has 27 heavy (non-hydrogen) atoms. The van der Waals surface area contributed by atoms with Gasteiger partial charge in [-0.05, 0) is 61.4 Å². The Labute approximate surface area is 159 Å². The summed E-state index contributed by atoms with van der Waals surface area (Å²) in [6, 6.07) is 10.6. The summed E-state index contributed by atoms with van der Waals surface area (Å²) in [5.74, 6) is -0.259. The SMILES string of the molecule is Cc1ccc(OCCNC(=O)CN(c2ccc(F)cc2)S(C)(=O)=O)cc1C. The van der Waals surface area contributed by atoms with E-state index in [-0.39, 0.29) is 18.8 Å². The highest BCUT2D eigenvalue weighted by atomic mass is 32.2. The number of anilines is 1. The largest absolute Gasteiger partial charge is 0.492 e. The lowest BCUT2D eigenvalue weighted by atomic mass is 10.1. The van der Waals surface area contributed by atoms with Gasteiger partial charge in [-0.3, -0.25) is 9.10 Å². The van der Waals surface area contributed by atoms with Crippen LogP contribution in [-0.2, 0) is 14.8 Å². The lowest BCUT2D eigenvalue weighted by Gasteiger charge is -2.21. The van der Waals surface area contributed by atoms with Gasteiger partial charge in [0.2, 0.25) is 15.9 Å². The number of carbonyl (C=O) groups is 1. The van der Waals surface area contributed by atoms with E-state index in [1.165, 1.54) is 12.1 Å². The molecule has 2 aromatic rings. The molecule has 6 nitrogen and oxygen atoms in total. The summed E-state index contributed by atoms with van der Waals surface area (Å²) >= 11 is 0. The second kappa shape index (κ2) is 8.85. The Hall–Kier alpha value is -2.61. The Morgan fingerprint density at radius 3 is 2.37 bits per heavy atom. The normalized spacial score (nSPS) is 11.1. The molecule has 0 saturated carbocycles. The van der Waals surface area contributed by atoms with Crippen molar-refractivity contribution in [2.75, 3.05) is 30.3 Å². The van der Waals surface area contributed by atoms with Crippen LogP contribution in [0.2, 0.25) is 0 Å². The molecule has 0 atom stereocenters. The van der Waals surface area contributed by atoms with Gasteiger partial charge in [0.05, 0.1) is 18.5 Å². The smallest absolute Gasteiger partial charge is 0.240 e. The van der Waals surface area contributed by atoms with E-state index in [1.54, 1.807) is 0 Å². The highest BCUT2D eigenvalue weighted by Gasteiger charge is 2.20. The molecular weight excluding hydrogens is 371 g/mol. The van der Waals surface area contributed by atoms with Crippen LogP contribution < -0.4 is 14.4 Å². The molecule has 0 aromatic heterocycles. The predicted octanol–water partition coefficient (Wildman–Crippen LogP) is 2.40. The summed E-state index contributed by atoms with van der Waals surface area (Å²) in [5.41, 5.74) is 2.50. The fourth-order valence-corrected chi connectivity index (χ4v) is 3.21. The van der Waals surface area contributed by atoms with E-state index in [4.69, 9.17) is 4.74 Å². The summed E-state index contributed by atoms with van der Waals surface area (Å²) in [7, 11) is -3.69. The average Bonchev–Trinajstić information content (AvgIpc) is 2.59. The number of ether oxygens (including phenoxy) is 1. The number of benzene rings is 2. The van der Waals surface area contributed by atoms with Crippen molar-refractivity contribution in [1.29, 1.82) is 0 Å². The van der Waals surface area contributed by atoms with Crippen molar-refractivity contribution in [1.82, 2.24) is 5.32 Å². The first kappa shape index (κ1) is 20.7. The molecule has 0 aliphatic carbocycles. The maximum atomic E-state index is 13.0. The number of carbonyl (C=O) groups excluding carboxylic acids is 1. The number of aryl methyl sites for hydroxylation is 2. The average molecular weight is 394 g/mol. The molecule has 146 valence electrons. The Bertz CT molecular complexity index is 898. The van der Waals surface area contributed by atoms with Crippen LogP contribution in [0.1, 0.15) is 11.1 Å². The van der Waals surface area contributed by atoms with Gasteiger partial charge >= 0.3 is 0 Å². The lowest BCUT2D eigenvalue weighted by Crippen LogP contribution is -2.41. The van der Waals surface area contributed by atoms with Crippen LogP contribution in [0.15, 0.2) is 42.5 Å². The van der Waals surface area contributed by atoms with Crippen molar-refractivity contribution < 1.29 is 22.3 Å². The van der Waals surface area contributed by atoms with Gasteiger partial charge in [0.1, 0.15) is 24.7 Å². The van der Waals surface area contributed by atoms with Gasteiger partial charge in [-0.25, -0.2) is 12.8 Å². The van der Waals surface area contributed by atoms with Crippen molar-refractivity contribution in [3.63, 3.8) is 0 Å². The summed E-state index contributed by atoms with van der Waals surface area (Å²) in [5, 5.41) is 2.62. The third-order valence-electron chi connectivity index (χ3n) is 3.97. The molecule has 2 aromatic carbocycles. The van der Waals surface area contributed by atoms with Crippen molar-refractivity contribution in [2.24, 2.45) is 0 Å². The van der Waals surface area contributed by atoms with Crippen LogP contribution in [0.25, 0.3) is 0 Å². The third kappa shape index (κ3) is 6.25. The van der Waals surface area contributed by atoms with E-state index in [1.807, 2.05) is 32.0 Å². The maximum absolute atomic E-state index is 13.0. The Balaban J connectivity index is 1.88. The van der Waals surface area contributed by atoms with Crippen LogP contribution >= 0.6 is 0 Å². The Morgan fingerprint density at radius 1 is 1.11 bits per heavy atom. The molecule has 8 heteroatoms. The van der Waals surface area contributed by atoms with E-state index < -0.39 is 28.3 Å². The van der Waals surface area contributed by atoms with E-state index in [2.05, 4.69) is 5.32 Å². The molecular formula is C19H23FN2O4S. The van der Waals surface area contributed by atoms with E-state index >= 15 is 0 Å². The number of rotatable bonds is 8. The molecule has 2 rings (SSSR count). The van der Waals surface area contributed by atoms with Crippen molar-refractivity contribution in [2.45, 2.75) is 13.8 Å². The standard InChI is InChI=1S/C19H23FN2O4S/c1-14-4-9-18(12-15(14)2)26-11-10-21-19(23)13-22(27(3,24)25)17-7-5-16(20)6-8-17/h4-9,12H,10-11,13H2,1-3H3,(H,21,23). The molecule has 0 aliphatic heterocycles. The molecule has 0 aliphatic rings. The van der Waals surface area contributed by atoms with Gasteiger partial charge in [-0.2, -0.15) is 0 Å². The van der Waals surface area contributed by atoms with Crippen LogP contribution in [0.4, 0.5) is 10.1 Å². The summed E-state index contributed by atoms with van der Waals surface area (Å²) < 4.78 is 43.4. The first-order chi connectivity index (χ1) is 12.7. The summed E-state index contributed by atoms with van der Waals surface area (Å²) in [4.78, 5) is 12.1. The van der Waals surface area contributed by atoms with Gasteiger partial charge in [-0.15, -0.1) is 0 Å². The van der Waals surface area contributed by atoms with Gasteiger partial charge < -0.3 is 10.1 Å². The summed E-state index contributed by atoms with van der Waals surface area (Å²) in [6.07, 6.45) is 0.993. The van der Waals surface area contributed by atoms with Crippen molar-refractivity contribution >= 4 is 21.6 Å². The number of nitrogens with zero attached hydrogens (tertiary/aromatic N) is 1. The fraction of sp³-hybridized carbons (Fsp3) is 0.316. The van der Waals surface area contributed by atoms with Crippen molar-refractivity contribution in [3.05, 3.63) is 59.4 Å². The molecule has 0 heterocycles. The van der Waals surface area contributed by atoms with Crippen LogP contribution in [-0.4, -0.2) is 40.3 Å². The number of nitrogens with one attached hydrogen (secondary N) is 1. The fourth-order valence-electron chi connectivity index (χ4n) is 2.36. The number of halogens is 1. The minimum Gasteiger partial charge on any atom is -0.492 e. The molecule has 0 radical (unpaired) electrons. The third-order valence-corrected chi connectivity index (χ3v) is 5.11. The molecule has 0 saturated heterocycles. The molecule has 1 amide bonds. The summed E-state index contributed by atoms with van der Waals surface area (Å²) in [6.45, 7) is 4.08. The zero-order valence-electron chi connectivity index (χ0n) is 15.5. The van der Waals surface area contributed by atoms with E-state index in [0.29, 0.717) is 5.75 Å². The monoisotopic (exact) mass is 394 g/mol. The molecule has 0 fully saturated rings. The maximum Gasteiger partial charge on any atom is 0.240 e. The van der Waals surface area contributed by atoms with E-state index in [9.17, 15) is 17.6 Å². The second-order valence-electron chi connectivity index (χ2n) is 6.19. The zero-order valence-corrected chi connectivity index (χ0v) is 16.3. The molecule has 0 spiro atoms. The Kier molecular flexibility index (Phi) is 6.79. The van der Waals surface area contributed by atoms with Crippen LogP contribution in [0.3, 0.4) is 0 Å². The minimum atomic E-state index is -3.69. The topological polar surface area (TPSA) is 75.7 Å². The number of sulfonamides is 1. The van der Waals surface area contributed by atoms with Crippen LogP contribution in [0, 0.1) is 19.7 Å². The minimum absolute atomic E-state index is 0.223. The quantitative estimate of drug-likeness (QED) is 0.698. The zero-order chi connectivity index (χ0) is 20.0. The van der Waals surface area contributed by atoms with E-state index in [0.717, 1.165) is 33.8 Å². The predicted molar refractivity (Wildman–Crippen MR) is 103 cm³/mol.